The molecule has 0 aliphatic carbocycles. The lowest BCUT2D eigenvalue weighted by atomic mass is 10.2. The van der Waals surface area contributed by atoms with Gasteiger partial charge < -0.3 is 25.0 Å². The third-order valence-corrected chi connectivity index (χ3v) is 6.63. The first-order valence-corrected chi connectivity index (χ1v) is 11.5. The number of hydrogen-bond acceptors (Lipinski definition) is 6. The summed E-state index contributed by atoms with van der Waals surface area (Å²) in [4.78, 5) is 25.3. The number of morpholine rings is 1. The minimum atomic E-state index is -3.48. The highest BCUT2D eigenvalue weighted by Gasteiger charge is 2.30. The van der Waals surface area contributed by atoms with Gasteiger partial charge in [0.1, 0.15) is 6.61 Å². The van der Waals surface area contributed by atoms with Crippen molar-refractivity contribution in [1.82, 2.24) is 14.5 Å². The number of nitrogens with one attached hydrogen (secondary N) is 2. The van der Waals surface area contributed by atoms with E-state index < -0.39 is 16.1 Å². The Labute approximate surface area is 176 Å². The fourth-order valence-electron chi connectivity index (χ4n) is 3.49. The van der Waals surface area contributed by atoms with E-state index in [1.54, 1.807) is 23.1 Å². The van der Waals surface area contributed by atoms with E-state index in [1.807, 2.05) is 19.9 Å². The van der Waals surface area contributed by atoms with Gasteiger partial charge in [0.15, 0.2) is 0 Å². The number of amides is 3. The molecule has 0 spiro atoms. The molecule has 3 rings (SSSR count). The zero-order valence-electron chi connectivity index (χ0n) is 17.2. The highest BCUT2D eigenvalue weighted by molar-refractivity contribution is 7.89. The van der Waals surface area contributed by atoms with Crippen molar-refractivity contribution in [3.05, 3.63) is 29.8 Å². The molecule has 1 aromatic rings. The number of rotatable bonds is 7. The Morgan fingerprint density at radius 2 is 1.97 bits per heavy atom. The minimum Gasteiger partial charge on any atom is -0.448 e. The van der Waals surface area contributed by atoms with Gasteiger partial charge in [0.25, 0.3) is 0 Å². The molecule has 2 aliphatic rings. The monoisotopic (exact) mass is 440 g/mol. The van der Waals surface area contributed by atoms with Crippen LogP contribution < -0.4 is 10.6 Å². The molecule has 2 N–H and O–H groups in total. The van der Waals surface area contributed by atoms with Gasteiger partial charge in [-0.15, -0.1) is 0 Å². The van der Waals surface area contributed by atoms with Crippen molar-refractivity contribution in [2.75, 3.05) is 43.9 Å². The first-order chi connectivity index (χ1) is 14.2. The number of carbonyl (C=O) groups is 2. The van der Waals surface area contributed by atoms with Gasteiger partial charge in [0.05, 0.1) is 24.5 Å². The number of sulfonamides is 1. The number of benzene rings is 1. The van der Waals surface area contributed by atoms with Crippen LogP contribution in [0.5, 0.6) is 0 Å². The van der Waals surface area contributed by atoms with Gasteiger partial charge in [-0.1, -0.05) is 12.1 Å². The fraction of sp³-hybridized carbons (Fsp3) is 0.579. The second-order valence-electron chi connectivity index (χ2n) is 7.51. The second kappa shape index (κ2) is 9.63. The molecule has 11 heteroatoms. The van der Waals surface area contributed by atoms with Crippen LogP contribution in [-0.2, 0) is 26.0 Å². The maximum absolute atomic E-state index is 12.5. The normalized spacial score (nSPS) is 22.6. The molecule has 2 atom stereocenters. The summed E-state index contributed by atoms with van der Waals surface area (Å²) >= 11 is 0. The van der Waals surface area contributed by atoms with Gasteiger partial charge in [0, 0.05) is 31.9 Å². The standard InChI is InChI=1S/C19H28N4O6S/c1-14-11-23(12-15(2)29-14)30(26,27)9-6-20-18(24)21-17-5-3-4-16(10-17)13-22-7-8-28-19(22)25/h3-5,10,14-15H,6-9,11-13H2,1-2H3,(H2,20,21,24)/t14-,15-/m1/s1. The van der Waals surface area contributed by atoms with Crippen molar-refractivity contribution < 1.29 is 27.5 Å². The SMILES string of the molecule is C[C@@H]1CN(S(=O)(=O)CCNC(=O)Nc2cccc(CN3CCOC3=O)c2)C[C@@H](C)O1. The number of hydrogen-bond donors (Lipinski definition) is 2. The summed E-state index contributed by atoms with van der Waals surface area (Å²) in [5.41, 5.74) is 1.40. The van der Waals surface area contributed by atoms with E-state index in [-0.39, 0.29) is 30.6 Å². The average molecular weight is 441 g/mol. The summed E-state index contributed by atoms with van der Waals surface area (Å²) in [7, 11) is -3.48. The van der Waals surface area contributed by atoms with Crippen LogP contribution in [0.15, 0.2) is 24.3 Å². The van der Waals surface area contributed by atoms with E-state index in [0.29, 0.717) is 38.5 Å². The van der Waals surface area contributed by atoms with Crippen LogP contribution in [0.1, 0.15) is 19.4 Å². The van der Waals surface area contributed by atoms with Crippen molar-refractivity contribution in [3.8, 4) is 0 Å². The number of carbonyl (C=O) groups excluding carboxylic acids is 2. The molecule has 2 heterocycles. The highest BCUT2D eigenvalue weighted by Crippen LogP contribution is 2.16. The molecule has 1 aromatic carbocycles. The first kappa shape index (κ1) is 22.3. The molecule has 10 nitrogen and oxygen atoms in total. The minimum absolute atomic E-state index is 0.00635. The van der Waals surface area contributed by atoms with E-state index in [2.05, 4.69) is 10.6 Å². The van der Waals surface area contributed by atoms with Gasteiger partial charge in [-0.2, -0.15) is 4.31 Å². The topological polar surface area (TPSA) is 117 Å². The zero-order chi connectivity index (χ0) is 21.7. The lowest BCUT2D eigenvalue weighted by molar-refractivity contribution is -0.0440. The molecule has 0 radical (unpaired) electrons. The number of urea groups is 1. The van der Waals surface area contributed by atoms with E-state index in [0.717, 1.165) is 5.56 Å². The molecule has 166 valence electrons. The van der Waals surface area contributed by atoms with Crippen molar-refractivity contribution in [3.63, 3.8) is 0 Å². The highest BCUT2D eigenvalue weighted by atomic mass is 32.2. The van der Waals surface area contributed by atoms with E-state index in [1.165, 1.54) is 4.31 Å². The zero-order valence-corrected chi connectivity index (χ0v) is 18.0. The molecule has 0 bridgehead atoms. The van der Waals surface area contributed by atoms with Gasteiger partial charge in [0.2, 0.25) is 10.0 Å². The second-order valence-corrected chi connectivity index (χ2v) is 9.60. The van der Waals surface area contributed by atoms with Crippen LogP contribution in [0, 0.1) is 0 Å². The third-order valence-electron chi connectivity index (χ3n) is 4.83. The summed E-state index contributed by atoms with van der Waals surface area (Å²) in [6.45, 7) is 5.61. The van der Waals surface area contributed by atoms with Crippen LogP contribution in [0.25, 0.3) is 0 Å². The predicted octanol–water partition coefficient (Wildman–Crippen LogP) is 1.20. The molecule has 3 amide bonds. The maximum Gasteiger partial charge on any atom is 0.410 e. The lowest BCUT2D eigenvalue weighted by Crippen LogP contribution is -2.49. The quantitative estimate of drug-likeness (QED) is 0.658. The van der Waals surface area contributed by atoms with E-state index in [9.17, 15) is 18.0 Å². The van der Waals surface area contributed by atoms with Crippen molar-refractivity contribution >= 4 is 27.8 Å². The summed E-state index contributed by atoms with van der Waals surface area (Å²) < 4.78 is 36.9. The third kappa shape index (κ3) is 6.07. The van der Waals surface area contributed by atoms with Gasteiger partial charge in [-0.05, 0) is 31.5 Å². The Hall–Kier alpha value is -2.37. The molecule has 30 heavy (non-hydrogen) atoms. The lowest BCUT2D eigenvalue weighted by Gasteiger charge is -2.34. The number of cyclic esters (lactones) is 1. The number of ether oxygens (including phenoxy) is 2. The van der Waals surface area contributed by atoms with E-state index >= 15 is 0 Å². The average Bonchev–Trinajstić information content (AvgIpc) is 3.05. The Kier molecular flexibility index (Phi) is 7.16. The number of nitrogens with zero attached hydrogens (tertiary/aromatic N) is 2. The molecule has 0 aromatic heterocycles. The summed E-state index contributed by atoms with van der Waals surface area (Å²) in [5.74, 6) is -0.184. The largest absolute Gasteiger partial charge is 0.448 e. The van der Waals surface area contributed by atoms with Crippen molar-refractivity contribution in [1.29, 1.82) is 0 Å². The van der Waals surface area contributed by atoms with Gasteiger partial charge >= 0.3 is 12.1 Å². The van der Waals surface area contributed by atoms with Crippen LogP contribution >= 0.6 is 0 Å². The summed E-state index contributed by atoms with van der Waals surface area (Å²) in [6.07, 6.45) is -0.666. The molecule has 0 unspecified atom stereocenters. The van der Waals surface area contributed by atoms with Crippen molar-refractivity contribution in [2.45, 2.75) is 32.6 Å². The van der Waals surface area contributed by atoms with Crippen LogP contribution in [0.2, 0.25) is 0 Å². The molecule has 2 fully saturated rings. The molecular weight excluding hydrogens is 412 g/mol. The van der Waals surface area contributed by atoms with Crippen LogP contribution in [0.4, 0.5) is 15.3 Å². The van der Waals surface area contributed by atoms with Gasteiger partial charge in [-0.3, -0.25) is 0 Å². The Morgan fingerprint density at radius 3 is 2.63 bits per heavy atom. The molecule has 2 aliphatic heterocycles. The smallest absolute Gasteiger partial charge is 0.410 e. The summed E-state index contributed by atoms with van der Waals surface area (Å²) in [6, 6.07) is 6.62. The van der Waals surface area contributed by atoms with Gasteiger partial charge in [-0.25, -0.2) is 18.0 Å². The molecule has 0 saturated carbocycles. The van der Waals surface area contributed by atoms with Crippen LogP contribution in [-0.4, -0.2) is 80.5 Å². The molecular formula is C19H28N4O6S. The summed E-state index contributed by atoms with van der Waals surface area (Å²) in [5, 5.41) is 5.26. The predicted molar refractivity (Wildman–Crippen MR) is 111 cm³/mol. The van der Waals surface area contributed by atoms with E-state index in [4.69, 9.17) is 9.47 Å². The Morgan fingerprint density at radius 1 is 1.23 bits per heavy atom. The number of anilines is 1. The fourth-order valence-corrected chi connectivity index (χ4v) is 4.99. The molecule has 2 saturated heterocycles. The Bertz CT molecular complexity index is 868. The Balaban J connectivity index is 1.46. The first-order valence-electron chi connectivity index (χ1n) is 9.92. The van der Waals surface area contributed by atoms with Crippen molar-refractivity contribution in [2.24, 2.45) is 0 Å². The van der Waals surface area contributed by atoms with Crippen LogP contribution in [0.3, 0.4) is 0 Å². The maximum atomic E-state index is 12.5.